The Bertz CT molecular complexity index is 506. The molecule has 2 aliphatic rings. The van der Waals surface area contributed by atoms with E-state index in [9.17, 15) is 0 Å². The molecule has 0 unspecified atom stereocenters. The summed E-state index contributed by atoms with van der Waals surface area (Å²) in [7, 11) is 0. The number of morpholine rings is 1. The molecule has 21 heavy (non-hydrogen) atoms. The quantitative estimate of drug-likeness (QED) is 0.905. The van der Waals surface area contributed by atoms with E-state index in [4.69, 9.17) is 4.74 Å². The lowest BCUT2D eigenvalue weighted by atomic mass is 9.93. The molecule has 1 N–H and O–H groups in total. The molecule has 1 aromatic rings. The lowest BCUT2D eigenvalue weighted by molar-refractivity contribution is -0.182. The van der Waals surface area contributed by atoms with Crippen LogP contribution in [0.3, 0.4) is 0 Å². The minimum atomic E-state index is -0.0713. The first-order chi connectivity index (χ1) is 9.85. The van der Waals surface area contributed by atoms with E-state index in [0.29, 0.717) is 0 Å². The molecule has 1 saturated heterocycles. The van der Waals surface area contributed by atoms with E-state index >= 15 is 0 Å². The minimum Gasteiger partial charge on any atom is -0.367 e. The van der Waals surface area contributed by atoms with Gasteiger partial charge in [-0.1, -0.05) is 18.2 Å². The first kappa shape index (κ1) is 15.0. The Morgan fingerprint density at radius 3 is 2.57 bits per heavy atom. The first-order valence-electron chi connectivity index (χ1n) is 8.08. The second-order valence-corrected chi connectivity index (χ2v) is 7.75. The lowest BCUT2D eigenvalue weighted by Gasteiger charge is -2.47. The van der Waals surface area contributed by atoms with Crippen molar-refractivity contribution in [2.75, 3.05) is 19.6 Å². The molecular formula is C18H28N2O. The third-order valence-electron chi connectivity index (χ3n) is 4.39. The predicted octanol–water partition coefficient (Wildman–Crippen LogP) is 2.72. The molecule has 3 rings (SSSR count). The molecule has 3 nitrogen and oxygen atoms in total. The van der Waals surface area contributed by atoms with Gasteiger partial charge in [0.15, 0.2) is 0 Å². The summed E-state index contributed by atoms with van der Waals surface area (Å²) in [6.45, 7) is 14.0. The summed E-state index contributed by atoms with van der Waals surface area (Å²) in [5.41, 5.74) is 4.41. The van der Waals surface area contributed by atoms with Crippen LogP contribution in [-0.4, -0.2) is 35.7 Å². The first-order valence-corrected chi connectivity index (χ1v) is 8.08. The fourth-order valence-corrected chi connectivity index (χ4v) is 4.06. The third-order valence-corrected chi connectivity index (χ3v) is 4.39. The number of ether oxygens (including phenoxy) is 1. The maximum Gasteiger partial charge on any atom is 0.0760 e. The smallest absolute Gasteiger partial charge is 0.0760 e. The summed E-state index contributed by atoms with van der Waals surface area (Å²) in [6, 6.07) is 6.77. The van der Waals surface area contributed by atoms with Crippen molar-refractivity contribution < 1.29 is 4.74 Å². The highest BCUT2D eigenvalue weighted by Gasteiger charge is 2.38. The van der Waals surface area contributed by atoms with Crippen LogP contribution in [0.15, 0.2) is 18.2 Å². The number of nitrogens with one attached hydrogen (secondary N) is 1. The molecule has 0 spiro atoms. The van der Waals surface area contributed by atoms with Crippen LogP contribution < -0.4 is 5.32 Å². The van der Waals surface area contributed by atoms with Gasteiger partial charge >= 0.3 is 0 Å². The Hall–Kier alpha value is -0.900. The molecule has 1 aromatic carbocycles. The van der Waals surface area contributed by atoms with E-state index in [0.717, 1.165) is 39.1 Å². The molecule has 0 amide bonds. The molecule has 1 fully saturated rings. The fraction of sp³-hybridized carbons (Fsp3) is 0.667. The van der Waals surface area contributed by atoms with Gasteiger partial charge in [-0.05, 0) is 57.4 Å². The zero-order valence-electron chi connectivity index (χ0n) is 13.8. The molecule has 0 atom stereocenters. The summed E-state index contributed by atoms with van der Waals surface area (Å²) in [5, 5.41) is 3.46. The van der Waals surface area contributed by atoms with E-state index in [1.165, 1.54) is 11.1 Å². The molecule has 2 aliphatic heterocycles. The minimum absolute atomic E-state index is 0.0713. The highest BCUT2D eigenvalue weighted by Crippen LogP contribution is 2.30. The molecule has 3 heteroatoms. The van der Waals surface area contributed by atoms with Crippen LogP contribution in [0.5, 0.6) is 0 Å². The van der Waals surface area contributed by atoms with Crippen LogP contribution in [0.1, 0.15) is 44.4 Å². The van der Waals surface area contributed by atoms with Crippen molar-refractivity contribution in [1.82, 2.24) is 10.2 Å². The molecular weight excluding hydrogens is 260 g/mol. The number of hydrogen-bond acceptors (Lipinski definition) is 3. The van der Waals surface area contributed by atoms with E-state index in [1.54, 1.807) is 5.56 Å². The Morgan fingerprint density at radius 1 is 1.14 bits per heavy atom. The Kier molecular flexibility index (Phi) is 3.85. The average Bonchev–Trinajstić information content (AvgIpc) is 2.35. The number of hydrogen-bond donors (Lipinski definition) is 1. The largest absolute Gasteiger partial charge is 0.367 e. The van der Waals surface area contributed by atoms with Gasteiger partial charge in [0, 0.05) is 26.2 Å². The Morgan fingerprint density at radius 2 is 1.86 bits per heavy atom. The zero-order valence-corrected chi connectivity index (χ0v) is 13.8. The summed E-state index contributed by atoms with van der Waals surface area (Å²) in [4.78, 5) is 2.56. The van der Waals surface area contributed by atoms with Crippen LogP contribution in [-0.2, 0) is 24.2 Å². The second-order valence-electron chi connectivity index (χ2n) is 7.75. The van der Waals surface area contributed by atoms with Gasteiger partial charge in [0.25, 0.3) is 0 Å². The monoisotopic (exact) mass is 288 g/mol. The normalized spacial score (nSPS) is 24.6. The van der Waals surface area contributed by atoms with E-state index in [2.05, 4.69) is 56.1 Å². The van der Waals surface area contributed by atoms with Gasteiger partial charge in [-0.25, -0.2) is 0 Å². The zero-order chi connectivity index (χ0) is 15.1. The second kappa shape index (κ2) is 5.38. The van der Waals surface area contributed by atoms with Crippen molar-refractivity contribution in [1.29, 1.82) is 0 Å². The number of benzene rings is 1. The van der Waals surface area contributed by atoms with Gasteiger partial charge in [0.2, 0.25) is 0 Å². The molecule has 0 aliphatic carbocycles. The third kappa shape index (κ3) is 3.47. The highest BCUT2D eigenvalue weighted by atomic mass is 16.5. The molecule has 116 valence electrons. The van der Waals surface area contributed by atoms with Crippen molar-refractivity contribution in [3.05, 3.63) is 34.9 Å². The van der Waals surface area contributed by atoms with Crippen molar-refractivity contribution in [3.8, 4) is 0 Å². The topological polar surface area (TPSA) is 24.5 Å². The lowest BCUT2D eigenvalue weighted by Crippen LogP contribution is -2.56. The summed E-state index contributed by atoms with van der Waals surface area (Å²) < 4.78 is 6.19. The van der Waals surface area contributed by atoms with Gasteiger partial charge in [-0.2, -0.15) is 0 Å². The summed E-state index contributed by atoms with van der Waals surface area (Å²) in [5.74, 6) is 0. The van der Waals surface area contributed by atoms with E-state index in [1.807, 2.05) is 0 Å². The van der Waals surface area contributed by atoms with Gasteiger partial charge in [0.05, 0.1) is 11.2 Å². The maximum atomic E-state index is 6.19. The van der Waals surface area contributed by atoms with Crippen molar-refractivity contribution in [2.24, 2.45) is 0 Å². The number of nitrogens with zero attached hydrogens (tertiary/aromatic N) is 1. The number of fused-ring (bicyclic) bond motifs is 1. The van der Waals surface area contributed by atoms with Gasteiger partial charge in [-0.3, -0.25) is 4.90 Å². The van der Waals surface area contributed by atoms with Crippen LogP contribution in [0, 0.1) is 0 Å². The molecule has 2 heterocycles. The maximum absolute atomic E-state index is 6.19. The molecule has 0 aromatic heterocycles. The van der Waals surface area contributed by atoms with E-state index in [-0.39, 0.29) is 11.2 Å². The Balaban J connectivity index is 1.80. The van der Waals surface area contributed by atoms with Crippen LogP contribution in [0.25, 0.3) is 0 Å². The van der Waals surface area contributed by atoms with Crippen LogP contribution in [0.4, 0.5) is 0 Å². The predicted molar refractivity (Wildman–Crippen MR) is 86.4 cm³/mol. The van der Waals surface area contributed by atoms with Crippen LogP contribution >= 0.6 is 0 Å². The number of rotatable bonds is 2. The Labute approximate surface area is 128 Å². The van der Waals surface area contributed by atoms with Crippen LogP contribution in [0.2, 0.25) is 0 Å². The molecule has 0 radical (unpaired) electrons. The highest BCUT2D eigenvalue weighted by molar-refractivity contribution is 5.37. The fourth-order valence-electron chi connectivity index (χ4n) is 4.06. The van der Waals surface area contributed by atoms with Gasteiger partial charge < -0.3 is 10.1 Å². The van der Waals surface area contributed by atoms with Crippen molar-refractivity contribution >= 4 is 0 Å². The van der Waals surface area contributed by atoms with Crippen molar-refractivity contribution in [3.63, 3.8) is 0 Å². The average molecular weight is 288 g/mol. The summed E-state index contributed by atoms with van der Waals surface area (Å²) in [6.07, 6.45) is 1.16. The van der Waals surface area contributed by atoms with Gasteiger partial charge in [-0.15, -0.1) is 0 Å². The SMILES string of the molecule is CC1(C)CN(Cc2cccc3c2CCNC3)CC(C)(C)O1. The summed E-state index contributed by atoms with van der Waals surface area (Å²) >= 11 is 0. The van der Waals surface area contributed by atoms with E-state index < -0.39 is 0 Å². The standard InChI is InChI=1S/C18H28N2O/c1-17(2)12-20(13-18(3,4)21-17)11-15-7-5-6-14-10-19-9-8-16(14)15/h5-7,19H,8-13H2,1-4H3. The van der Waals surface area contributed by atoms with Gasteiger partial charge in [0.1, 0.15) is 0 Å². The molecule has 0 saturated carbocycles. The molecule has 0 bridgehead atoms. The van der Waals surface area contributed by atoms with Crippen molar-refractivity contribution in [2.45, 2.75) is 58.4 Å².